The molecule has 5 nitrogen and oxygen atoms in total. The van der Waals surface area contributed by atoms with Crippen molar-refractivity contribution in [3.63, 3.8) is 0 Å². The second-order valence-corrected chi connectivity index (χ2v) is 4.68. The van der Waals surface area contributed by atoms with E-state index in [1.807, 2.05) is 36.1 Å². The molecule has 0 spiro atoms. The van der Waals surface area contributed by atoms with Gasteiger partial charge in [-0.05, 0) is 37.6 Å². The number of hydrogen-bond donors (Lipinski definition) is 2. The van der Waals surface area contributed by atoms with Crippen LogP contribution in [0.1, 0.15) is 13.3 Å². The molecule has 1 aliphatic rings. The molecule has 1 fully saturated rings. The van der Waals surface area contributed by atoms with Gasteiger partial charge in [0.1, 0.15) is 5.75 Å². The number of rotatable bonds is 5. The molecular weight excluding hydrogens is 244 g/mol. The summed E-state index contributed by atoms with van der Waals surface area (Å²) < 4.78 is 5.34. The number of benzene rings is 1. The fraction of sp³-hybridized carbons (Fsp3) is 0.500. The van der Waals surface area contributed by atoms with Crippen molar-refractivity contribution in [2.24, 2.45) is 0 Å². The van der Waals surface area contributed by atoms with E-state index in [4.69, 9.17) is 4.74 Å². The molecule has 0 radical (unpaired) electrons. The normalized spacial score (nSPS) is 19.4. The van der Waals surface area contributed by atoms with Crippen molar-refractivity contribution < 1.29 is 14.6 Å². The fourth-order valence-electron chi connectivity index (χ4n) is 2.16. The summed E-state index contributed by atoms with van der Waals surface area (Å²) in [7, 11) is 0. The highest BCUT2D eigenvalue weighted by Gasteiger charge is 2.21. The summed E-state index contributed by atoms with van der Waals surface area (Å²) in [6, 6.07) is 7.31. The van der Waals surface area contributed by atoms with Gasteiger partial charge in [-0.2, -0.15) is 0 Å². The first-order chi connectivity index (χ1) is 9.17. The summed E-state index contributed by atoms with van der Waals surface area (Å²) in [6.45, 7) is 4.24. The second-order valence-electron chi connectivity index (χ2n) is 4.68. The second kappa shape index (κ2) is 6.54. The largest absolute Gasteiger partial charge is 0.494 e. The van der Waals surface area contributed by atoms with E-state index in [2.05, 4.69) is 5.32 Å². The van der Waals surface area contributed by atoms with Gasteiger partial charge in [-0.3, -0.25) is 9.69 Å². The minimum Gasteiger partial charge on any atom is -0.494 e. The van der Waals surface area contributed by atoms with Gasteiger partial charge in [0.05, 0.1) is 19.3 Å². The highest BCUT2D eigenvalue weighted by Crippen LogP contribution is 2.16. The Morgan fingerprint density at radius 2 is 2.21 bits per heavy atom. The first-order valence-electron chi connectivity index (χ1n) is 6.60. The molecule has 1 aliphatic heterocycles. The summed E-state index contributed by atoms with van der Waals surface area (Å²) >= 11 is 0. The molecule has 0 aromatic heterocycles. The van der Waals surface area contributed by atoms with E-state index in [1.54, 1.807) is 0 Å². The number of aliphatic hydroxyl groups excluding tert-OH is 1. The van der Waals surface area contributed by atoms with Crippen molar-refractivity contribution >= 4 is 11.6 Å². The Morgan fingerprint density at radius 1 is 1.47 bits per heavy atom. The average molecular weight is 264 g/mol. The number of β-amino-alcohol motifs (C(OH)–C–C–N with tert-alkyl or cyclic N) is 1. The molecule has 1 aromatic rings. The van der Waals surface area contributed by atoms with Crippen LogP contribution < -0.4 is 10.1 Å². The van der Waals surface area contributed by atoms with Gasteiger partial charge in [-0.1, -0.05) is 0 Å². The van der Waals surface area contributed by atoms with E-state index in [1.165, 1.54) is 0 Å². The monoisotopic (exact) mass is 264 g/mol. The van der Waals surface area contributed by atoms with E-state index in [0.29, 0.717) is 19.7 Å². The number of ether oxygens (including phenoxy) is 1. The fourth-order valence-corrected chi connectivity index (χ4v) is 2.16. The minimum absolute atomic E-state index is 0.0572. The highest BCUT2D eigenvalue weighted by molar-refractivity contribution is 5.92. The molecule has 1 amide bonds. The third-order valence-electron chi connectivity index (χ3n) is 3.06. The van der Waals surface area contributed by atoms with Gasteiger partial charge in [-0.25, -0.2) is 0 Å². The number of carbonyl (C=O) groups is 1. The number of nitrogens with one attached hydrogen (secondary N) is 1. The summed E-state index contributed by atoms with van der Waals surface area (Å²) in [5.41, 5.74) is 0.758. The van der Waals surface area contributed by atoms with Crippen LogP contribution in [0, 0.1) is 0 Å². The van der Waals surface area contributed by atoms with Crippen LogP contribution in [-0.4, -0.2) is 48.3 Å². The molecule has 0 aliphatic carbocycles. The molecular formula is C14H20N2O3. The van der Waals surface area contributed by atoms with Crippen LogP contribution in [0.15, 0.2) is 24.3 Å². The molecule has 0 bridgehead atoms. The van der Waals surface area contributed by atoms with Crippen molar-refractivity contribution in [3.05, 3.63) is 24.3 Å². The van der Waals surface area contributed by atoms with E-state index in [-0.39, 0.29) is 12.0 Å². The van der Waals surface area contributed by atoms with Gasteiger partial charge < -0.3 is 15.2 Å². The van der Waals surface area contributed by atoms with Crippen LogP contribution in [0.3, 0.4) is 0 Å². The lowest BCUT2D eigenvalue weighted by molar-refractivity contribution is -0.117. The molecule has 19 heavy (non-hydrogen) atoms. The predicted molar refractivity (Wildman–Crippen MR) is 73.3 cm³/mol. The number of anilines is 1. The van der Waals surface area contributed by atoms with Crippen LogP contribution in [0.25, 0.3) is 0 Å². The number of carbonyl (C=O) groups excluding carboxylic acids is 1. The molecule has 104 valence electrons. The van der Waals surface area contributed by atoms with Gasteiger partial charge in [0.25, 0.3) is 0 Å². The Kier molecular flexibility index (Phi) is 4.76. The van der Waals surface area contributed by atoms with Crippen LogP contribution in [0.4, 0.5) is 5.69 Å². The van der Waals surface area contributed by atoms with E-state index >= 15 is 0 Å². The molecule has 1 atom stereocenters. The number of hydrogen-bond acceptors (Lipinski definition) is 4. The van der Waals surface area contributed by atoms with E-state index in [0.717, 1.165) is 24.4 Å². The van der Waals surface area contributed by atoms with Gasteiger partial charge in [0, 0.05) is 18.8 Å². The number of likely N-dealkylation sites (tertiary alicyclic amines) is 1. The lowest BCUT2D eigenvalue weighted by atomic mass is 10.3. The van der Waals surface area contributed by atoms with Crippen LogP contribution in [0.2, 0.25) is 0 Å². The summed E-state index contributed by atoms with van der Waals surface area (Å²) in [5.74, 6) is 0.737. The van der Waals surface area contributed by atoms with Crippen LogP contribution in [-0.2, 0) is 4.79 Å². The zero-order valence-corrected chi connectivity index (χ0v) is 11.1. The SMILES string of the molecule is CCOc1ccc(NC(=O)CN2CC[C@H](O)C2)cc1. The van der Waals surface area contributed by atoms with E-state index in [9.17, 15) is 9.90 Å². The zero-order chi connectivity index (χ0) is 13.7. The summed E-state index contributed by atoms with van der Waals surface area (Å²) in [5, 5.41) is 12.2. The number of aliphatic hydroxyl groups is 1. The number of amides is 1. The molecule has 2 N–H and O–H groups in total. The van der Waals surface area contributed by atoms with Crippen molar-refractivity contribution in [1.29, 1.82) is 0 Å². The Balaban J connectivity index is 1.81. The molecule has 0 unspecified atom stereocenters. The predicted octanol–water partition coefficient (Wildman–Crippen LogP) is 1.09. The van der Waals surface area contributed by atoms with Gasteiger partial charge >= 0.3 is 0 Å². The molecule has 0 saturated carbocycles. The maximum atomic E-state index is 11.8. The molecule has 1 heterocycles. The minimum atomic E-state index is -0.293. The first-order valence-corrected chi connectivity index (χ1v) is 6.60. The van der Waals surface area contributed by atoms with Crippen molar-refractivity contribution in [2.75, 3.05) is 31.6 Å². The van der Waals surface area contributed by atoms with Crippen LogP contribution >= 0.6 is 0 Å². The van der Waals surface area contributed by atoms with Crippen molar-refractivity contribution in [1.82, 2.24) is 4.90 Å². The van der Waals surface area contributed by atoms with Gasteiger partial charge in [-0.15, -0.1) is 0 Å². The summed E-state index contributed by atoms with van der Waals surface area (Å²) in [6.07, 6.45) is 0.453. The molecule has 2 rings (SSSR count). The van der Waals surface area contributed by atoms with Crippen LogP contribution in [0.5, 0.6) is 5.75 Å². The maximum Gasteiger partial charge on any atom is 0.238 e. The zero-order valence-electron chi connectivity index (χ0n) is 11.1. The third-order valence-corrected chi connectivity index (χ3v) is 3.06. The molecule has 5 heteroatoms. The third kappa shape index (κ3) is 4.22. The quantitative estimate of drug-likeness (QED) is 0.835. The topological polar surface area (TPSA) is 61.8 Å². The smallest absolute Gasteiger partial charge is 0.238 e. The van der Waals surface area contributed by atoms with Gasteiger partial charge in [0.15, 0.2) is 0 Å². The molecule has 1 aromatic carbocycles. The van der Waals surface area contributed by atoms with Crippen molar-refractivity contribution in [2.45, 2.75) is 19.4 Å². The summed E-state index contributed by atoms with van der Waals surface area (Å²) in [4.78, 5) is 13.8. The highest BCUT2D eigenvalue weighted by atomic mass is 16.5. The van der Waals surface area contributed by atoms with E-state index < -0.39 is 0 Å². The Bertz CT molecular complexity index is 419. The standard InChI is InChI=1S/C14H20N2O3/c1-2-19-13-5-3-11(4-6-13)15-14(18)10-16-8-7-12(17)9-16/h3-6,12,17H,2,7-10H2,1H3,(H,15,18)/t12-/m0/s1. The Morgan fingerprint density at radius 3 is 2.79 bits per heavy atom. The average Bonchev–Trinajstić information content (AvgIpc) is 2.77. The molecule has 1 saturated heterocycles. The van der Waals surface area contributed by atoms with Crippen molar-refractivity contribution in [3.8, 4) is 5.75 Å². The van der Waals surface area contributed by atoms with Gasteiger partial charge in [0.2, 0.25) is 5.91 Å². The lowest BCUT2D eigenvalue weighted by Gasteiger charge is -2.14. The lowest BCUT2D eigenvalue weighted by Crippen LogP contribution is -2.32. The first kappa shape index (κ1) is 13.8. The maximum absolute atomic E-state index is 11.8. The Hall–Kier alpha value is -1.59. The number of nitrogens with zero attached hydrogens (tertiary/aromatic N) is 1. The Labute approximate surface area is 113 Å².